The van der Waals surface area contributed by atoms with Crippen molar-refractivity contribution in [3.8, 4) is 0 Å². The molecule has 0 saturated carbocycles. The Balaban J connectivity index is 1.98. The van der Waals surface area contributed by atoms with E-state index in [1.807, 2.05) is 0 Å². The first kappa shape index (κ1) is 17.8. The Morgan fingerprint density at radius 1 is 0.964 bits per heavy atom. The average molecular weight is 386 g/mol. The van der Waals surface area contributed by atoms with Gasteiger partial charge in [0.1, 0.15) is 11.3 Å². The van der Waals surface area contributed by atoms with Crippen LogP contribution in [0.2, 0.25) is 0 Å². The molecule has 0 radical (unpaired) electrons. The van der Waals surface area contributed by atoms with Gasteiger partial charge in [0.15, 0.2) is 5.69 Å². The number of hydrogen-bond donors (Lipinski definition) is 0. The van der Waals surface area contributed by atoms with Crippen LogP contribution in [0, 0.1) is 11.0 Å². The minimum absolute atomic E-state index is 0.0625. The summed E-state index contributed by atoms with van der Waals surface area (Å²) in [5.74, 6) is -1.86. The molecule has 8 heteroatoms. The van der Waals surface area contributed by atoms with Gasteiger partial charge in [0.25, 0.3) is 0 Å². The lowest BCUT2D eigenvalue weighted by Crippen LogP contribution is -2.41. The van der Waals surface area contributed by atoms with Crippen LogP contribution in [0.25, 0.3) is 21.8 Å². The summed E-state index contributed by atoms with van der Waals surface area (Å²) in [7, 11) is 0. The highest BCUT2D eigenvalue weighted by Gasteiger charge is 2.46. The summed E-state index contributed by atoms with van der Waals surface area (Å²) < 4.78 is 53.7. The van der Waals surface area contributed by atoms with E-state index in [9.17, 15) is 27.6 Å². The SMILES string of the molecule is O=C(c1ccc2ccccc2c1)c1nc2cc(F)ccc2[n+]([O-])c1C(F)(F)F. The van der Waals surface area contributed by atoms with Crippen LogP contribution < -0.4 is 4.73 Å². The molecule has 0 N–H and O–H groups in total. The molecule has 3 aromatic carbocycles. The number of rotatable bonds is 2. The first-order valence-electron chi connectivity index (χ1n) is 8.09. The summed E-state index contributed by atoms with van der Waals surface area (Å²) in [4.78, 5) is 16.5. The standard InChI is InChI=1S/C20H10F4N2O2/c21-14-7-8-16-15(10-14)25-17(19(26(16)28)20(22,23)24)18(27)13-6-5-11-3-1-2-4-12(11)9-13/h1-10H. The third kappa shape index (κ3) is 2.92. The molecule has 0 aliphatic carbocycles. The van der Waals surface area contributed by atoms with Crippen molar-refractivity contribution < 1.29 is 27.1 Å². The minimum Gasteiger partial charge on any atom is -0.618 e. The van der Waals surface area contributed by atoms with Crippen molar-refractivity contribution in [1.82, 2.24) is 4.98 Å². The summed E-state index contributed by atoms with van der Waals surface area (Å²) >= 11 is 0. The van der Waals surface area contributed by atoms with Crippen LogP contribution in [0.5, 0.6) is 0 Å². The molecule has 0 unspecified atom stereocenters. The molecule has 1 aromatic heterocycles. The normalized spacial score (nSPS) is 11.9. The van der Waals surface area contributed by atoms with Crippen LogP contribution in [0.15, 0.2) is 60.7 Å². The lowest BCUT2D eigenvalue weighted by atomic mass is 10.0. The highest BCUT2D eigenvalue weighted by Crippen LogP contribution is 2.31. The van der Waals surface area contributed by atoms with E-state index < -0.39 is 39.4 Å². The second-order valence-corrected chi connectivity index (χ2v) is 6.13. The van der Waals surface area contributed by atoms with E-state index in [1.165, 1.54) is 12.1 Å². The molecule has 0 aliphatic heterocycles. The minimum atomic E-state index is -5.13. The van der Waals surface area contributed by atoms with Crippen LogP contribution in [0.3, 0.4) is 0 Å². The van der Waals surface area contributed by atoms with Crippen molar-refractivity contribution in [3.05, 3.63) is 88.6 Å². The van der Waals surface area contributed by atoms with Crippen LogP contribution in [-0.4, -0.2) is 10.8 Å². The summed E-state index contributed by atoms with van der Waals surface area (Å²) in [5, 5.41) is 13.8. The molecule has 140 valence electrons. The molecule has 0 saturated heterocycles. The van der Waals surface area contributed by atoms with Crippen LogP contribution in [0.1, 0.15) is 21.7 Å². The Morgan fingerprint density at radius 3 is 2.39 bits per heavy atom. The number of benzene rings is 3. The van der Waals surface area contributed by atoms with Gasteiger partial charge in [-0.05, 0) is 22.9 Å². The van der Waals surface area contributed by atoms with E-state index >= 15 is 0 Å². The Kier molecular flexibility index (Phi) is 3.99. The monoisotopic (exact) mass is 386 g/mol. The van der Waals surface area contributed by atoms with E-state index in [4.69, 9.17) is 0 Å². The number of nitrogens with zero attached hydrogens (tertiary/aromatic N) is 2. The van der Waals surface area contributed by atoms with E-state index in [0.717, 1.165) is 23.6 Å². The molecule has 0 spiro atoms. The molecule has 1 heterocycles. The highest BCUT2D eigenvalue weighted by molar-refractivity contribution is 6.10. The number of alkyl halides is 3. The lowest BCUT2D eigenvalue weighted by Gasteiger charge is -2.13. The molecule has 4 aromatic rings. The zero-order chi connectivity index (χ0) is 20.1. The highest BCUT2D eigenvalue weighted by atomic mass is 19.4. The number of hydrogen-bond acceptors (Lipinski definition) is 3. The maximum atomic E-state index is 13.6. The van der Waals surface area contributed by atoms with Crippen molar-refractivity contribution in [2.75, 3.05) is 0 Å². The number of fused-ring (bicyclic) bond motifs is 2. The van der Waals surface area contributed by atoms with Crippen molar-refractivity contribution >= 4 is 27.6 Å². The predicted octanol–water partition coefficient (Wildman–Crippen LogP) is 4.41. The second kappa shape index (κ2) is 6.26. The number of ketones is 1. The molecule has 0 atom stereocenters. The summed E-state index contributed by atoms with van der Waals surface area (Å²) in [6.45, 7) is 0. The van der Waals surface area contributed by atoms with Crippen LogP contribution in [0.4, 0.5) is 17.6 Å². The topological polar surface area (TPSA) is 56.9 Å². The van der Waals surface area contributed by atoms with Gasteiger partial charge in [0.05, 0.1) is 0 Å². The molecule has 0 bridgehead atoms. The number of aromatic nitrogens is 2. The number of halogens is 4. The van der Waals surface area contributed by atoms with Gasteiger partial charge >= 0.3 is 11.9 Å². The smallest absolute Gasteiger partial charge is 0.481 e. The van der Waals surface area contributed by atoms with Gasteiger partial charge < -0.3 is 5.21 Å². The first-order chi connectivity index (χ1) is 13.3. The van der Waals surface area contributed by atoms with Gasteiger partial charge in [-0.15, -0.1) is 0 Å². The first-order valence-corrected chi connectivity index (χ1v) is 8.09. The number of carbonyl (C=O) groups is 1. The molecule has 4 rings (SSSR count). The van der Waals surface area contributed by atoms with Gasteiger partial charge in [-0.25, -0.2) is 9.37 Å². The van der Waals surface area contributed by atoms with Crippen molar-refractivity contribution in [2.24, 2.45) is 0 Å². The summed E-state index contributed by atoms with van der Waals surface area (Å²) in [5.41, 5.74) is -3.69. The molecule has 0 amide bonds. The molecule has 0 fully saturated rings. The molecular formula is C20H10F4N2O2. The largest absolute Gasteiger partial charge is 0.618 e. The third-order valence-electron chi connectivity index (χ3n) is 4.31. The molecule has 0 aliphatic rings. The fourth-order valence-corrected chi connectivity index (χ4v) is 3.02. The zero-order valence-electron chi connectivity index (χ0n) is 14.0. The number of carbonyl (C=O) groups excluding carboxylic acids is 1. The van der Waals surface area contributed by atoms with Crippen LogP contribution in [-0.2, 0) is 6.18 Å². The van der Waals surface area contributed by atoms with Crippen molar-refractivity contribution in [1.29, 1.82) is 0 Å². The Hall–Kier alpha value is -3.55. The Bertz CT molecular complexity index is 1250. The molecule has 28 heavy (non-hydrogen) atoms. The maximum Gasteiger partial charge on any atom is 0.481 e. The Morgan fingerprint density at radius 2 is 1.68 bits per heavy atom. The fourth-order valence-electron chi connectivity index (χ4n) is 3.02. The van der Waals surface area contributed by atoms with Crippen LogP contribution >= 0.6 is 0 Å². The van der Waals surface area contributed by atoms with Gasteiger partial charge in [-0.2, -0.15) is 17.9 Å². The van der Waals surface area contributed by atoms with Crippen molar-refractivity contribution in [3.63, 3.8) is 0 Å². The average Bonchev–Trinajstić information content (AvgIpc) is 2.65. The fraction of sp³-hybridized carbons (Fsp3) is 0.0500. The summed E-state index contributed by atoms with van der Waals surface area (Å²) in [6, 6.07) is 13.9. The van der Waals surface area contributed by atoms with E-state index in [1.54, 1.807) is 30.3 Å². The predicted molar refractivity (Wildman–Crippen MR) is 93.0 cm³/mol. The molecule has 4 nitrogen and oxygen atoms in total. The van der Waals surface area contributed by atoms with Crippen molar-refractivity contribution in [2.45, 2.75) is 6.18 Å². The van der Waals surface area contributed by atoms with Gasteiger partial charge in [-0.1, -0.05) is 36.4 Å². The van der Waals surface area contributed by atoms with Gasteiger partial charge in [0, 0.05) is 17.7 Å². The maximum absolute atomic E-state index is 13.6. The lowest BCUT2D eigenvalue weighted by molar-refractivity contribution is -0.603. The van der Waals surface area contributed by atoms with E-state index in [-0.39, 0.29) is 11.1 Å². The van der Waals surface area contributed by atoms with E-state index in [0.29, 0.717) is 5.39 Å². The summed E-state index contributed by atoms with van der Waals surface area (Å²) in [6.07, 6.45) is -5.13. The van der Waals surface area contributed by atoms with E-state index in [2.05, 4.69) is 4.98 Å². The molecular weight excluding hydrogens is 376 g/mol. The quantitative estimate of drug-likeness (QED) is 0.222. The van der Waals surface area contributed by atoms with Gasteiger partial charge in [0.2, 0.25) is 11.3 Å². The zero-order valence-corrected chi connectivity index (χ0v) is 14.0. The second-order valence-electron chi connectivity index (χ2n) is 6.13. The Labute approximate surface area is 155 Å². The third-order valence-corrected chi connectivity index (χ3v) is 4.31. The van der Waals surface area contributed by atoms with Gasteiger partial charge in [-0.3, -0.25) is 4.79 Å².